The number of halogens is 2. The van der Waals surface area contributed by atoms with Crippen LogP contribution in [0.2, 0.25) is 0 Å². The summed E-state index contributed by atoms with van der Waals surface area (Å²) in [5.41, 5.74) is 1.87. The van der Waals surface area contributed by atoms with Crippen molar-refractivity contribution in [3.05, 3.63) is 105 Å². The summed E-state index contributed by atoms with van der Waals surface area (Å²) in [6.45, 7) is 2.06. The van der Waals surface area contributed by atoms with Crippen LogP contribution in [0, 0.1) is 35.9 Å². The quantitative estimate of drug-likeness (QED) is 0.351. The lowest BCUT2D eigenvalue weighted by atomic mass is 9.67. The zero-order valence-electron chi connectivity index (χ0n) is 22.0. The third kappa shape index (κ3) is 5.85. The number of nitriles is 1. The van der Waals surface area contributed by atoms with E-state index < -0.39 is 23.6 Å². The van der Waals surface area contributed by atoms with Crippen LogP contribution >= 0.6 is 15.9 Å². The molecule has 4 rings (SSSR count). The Morgan fingerprint density at radius 3 is 2.15 bits per heavy atom. The first-order chi connectivity index (χ1) is 18.6. The maximum atomic E-state index is 14.9. The van der Waals surface area contributed by atoms with Gasteiger partial charge in [-0.3, -0.25) is 19.3 Å². The second-order valence-electron chi connectivity index (χ2n) is 10.0. The predicted molar refractivity (Wildman–Crippen MR) is 150 cm³/mol. The third-order valence-electron chi connectivity index (χ3n) is 7.43. The maximum Gasteiger partial charge on any atom is 0.236 e. The highest BCUT2D eigenvalue weighted by Crippen LogP contribution is 2.43. The number of nitrogens with zero attached hydrogens (tertiary/aromatic N) is 3. The molecule has 0 saturated carbocycles. The first-order valence-corrected chi connectivity index (χ1v) is 13.4. The molecule has 0 bridgehead atoms. The minimum atomic E-state index is -0.805. The summed E-state index contributed by atoms with van der Waals surface area (Å²) in [5, 5.41) is 9.71. The lowest BCUT2D eigenvalue weighted by Crippen LogP contribution is -2.52. The molecular formula is C31H29BrFN3O3. The summed E-state index contributed by atoms with van der Waals surface area (Å²) >= 11 is 3.48. The molecule has 3 unspecified atom stereocenters. The summed E-state index contributed by atoms with van der Waals surface area (Å²) < 4.78 is 15.5. The Bertz CT molecular complexity index is 1470. The molecular weight excluding hydrogens is 561 g/mol. The summed E-state index contributed by atoms with van der Waals surface area (Å²) in [4.78, 5) is 44.4. The SMILES string of the molecule is Cc1c(F)cccc1C1C(C(=O)c2ccccc2Br)CN(CC(=O)N(C)C)CC1C(=O)c1ccccc1C#N. The van der Waals surface area contributed by atoms with Gasteiger partial charge in [0.2, 0.25) is 5.91 Å². The molecule has 3 aromatic carbocycles. The highest BCUT2D eigenvalue weighted by molar-refractivity contribution is 9.10. The van der Waals surface area contributed by atoms with E-state index in [1.165, 1.54) is 11.0 Å². The van der Waals surface area contributed by atoms with Crippen LogP contribution in [0.3, 0.4) is 0 Å². The predicted octanol–water partition coefficient (Wildman–Crippen LogP) is 5.25. The van der Waals surface area contributed by atoms with Gasteiger partial charge in [0.1, 0.15) is 5.82 Å². The number of likely N-dealkylation sites (tertiary alicyclic amines) is 1. The Morgan fingerprint density at radius 1 is 0.949 bits per heavy atom. The van der Waals surface area contributed by atoms with Crippen molar-refractivity contribution in [3.8, 4) is 6.07 Å². The average molecular weight is 590 g/mol. The molecule has 1 saturated heterocycles. The molecule has 0 N–H and O–H groups in total. The van der Waals surface area contributed by atoms with Crippen LogP contribution < -0.4 is 0 Å². The highest BCUT2D eigenvalue weighted by Gasteiger charge is 2.46. The fraction of sp³-hybridized carbons (Fsp3) is 0.290. The zero-order chi connectivity index (χ0) is 28.3. The molecule has 6 nitrogen and oxygen atoms in total. The van der Waals surface area contributed by atoms with Gasteiger partial charge in [-0.05, 0) is 36.2 Å². The van der Waals surface area contributed by atoms with Gasteiger partial charge in [0.05, 0.1) is 18.2 Å². The van der Waals surface area contributed by atoms with Crippen LogP contribution in [0.25, 0.3) is 0 Å². The molecule has 1 aliphatic heterocycles. The Kier molecular flexibility index (Phi) is 8.73. The number of carbonyl (C=O) groups excluding carboxylic acids is 3. The van der Waals surface area contributed by atoms with E-state index in [2.05, 4.69) is 22.0 Å². The van der Waals surface area contributed by atoms with Crippen molar-refractivity contribution in [2.75, 3.05) is 33.7 Å². The second-order valence-corrected chi connectivity index (χ2v) is 10.9. The number of amides is 1. The fourth-order valence-electron chi connectivity index (χ4n) is 5.37. The van der Waals surface area contributed by atoms with E-state index in [4.69, 9.17) is 0 Å². The van der Waals surface area contributed by atoms with Gasteiger partial charge >= 0.3 is 0 Å². The standard InChI is InChI=1S/C31H29BrFN3O3/c1-19-21(12-8-14-27(19)33)29-24(30(38)22-10-5-4-9-20(22)15-34)16-36(18-28(37)35(2)3)17-25(29)31(39)23-11-6-7-13-26(23)32/h4-14,24-25,29H,16-18H2,1-3H3. The summed E-state index contributed by atoms with van der Waals surface area (Å²) in [6.07, 6.45) is 0. The normalized spacial score (nSPS) is 19.2. The van der Waals surface area contributed by atoms with Crippen molar-refractivity contribution in [2.24, 2.45) is 11.8 Å². The van der Waals surface area contributed by atoms with Gasteiger partial charge in [-0.25, -0.2) is 4.39 Å². The van der Waals surface area contributed by atoms with E-state index in [9.17, 15) is 24.0 Å². The molecule has 0 aliphatic carbocycles. The van der Waals surface area contributed by atoms with Gasteiger partial charge in [0, 0.05) is 60.5 Å². The Balaban J connectivity index is 1.91. The number of benzene rings is 3. The molecule has 1 fully saturated rings. The van der Waals surface area contributed by atoms with Gasteiger partial charge in [-0.2, -0.15) is 5.26 Å². The first-order valence-electron chi connectivity index (χ1n) is 12.6. The van der Waals surface area contributed by atoms with Gasteiger partial charge in [0.15, 0.2) is 11.6 Å². The van der Waals surface area contributed by atoms with Crippen molar-refractivity contribution < 1.29 is 18.8 Å². The number of likely N-dealkylation sites (N-methyl/N-ethyl adjacent to an activating group) is 1. The molecule has 0 radical (unpaired) electrons. The highest BCUT2D eigenvalue weighted by atomic mass is 79.9. The molecule has 3 atom stereocenters. The number of hydrogen-bond donors (Lipinski definition) is 0. The van der Waals surface area contributed by atoms with Crippen molar-refractivity contribution in [2.45, 2.75) is 12.8 Å². The van der Waals surface area contributed by atoms with Gasteiger partial charge in [-0.15, -0.1) is 0 Å². The molecule has 200 valence electrons. The van der Waals surface area contributed by atoms with E-state index in [0.717, 1.165) is 0 Å². The van der Waals surface area contributed by atoms with Crippen LogP contribution in [0.1, 0.15) is 43.3 Å². The number of Topliss-reactive ketones (excluding diaryl/α,β-unsaturated/α-hetero) is 2. The van der Waals surface area contributed by atoms with E-state index >= 15 is 0 Å². The van der Waals surface area contributed by atoms with E-state index in [0.29, 0.717) is 21.2 Å². The average Bonchev–Trinajstić information content (AvgIpc) is 2.93. The minimum absolute atomic E-state index is 0.0191. The van der Waals surface area contributed by atoms with Crippen LogP contribution in [0.4, 0.5) is 4.39 Å². The molecule has 0 spiro atoms. The molecule has 1 aliphatic rings. The van der Waals surface area contributed by atoms with Crippen molar-refractivity contribution in [3.63, 3.8) is 0 Å². The number of piperidine rings is 1. The molecule has 8 heteroatoms. The Labute approximate surface area is 236 Å². The first kappa shape index (κ1) is 28.3. The van der Waals surface area contributed by atoms with E-state index in [1.807, 2.05) is 11.0 Å². The zero-order valence-corrected chi connectivity index (χ0v) is 23.6. The minimum Gasteiger partial charge on any atom is -0.348 e. The van der Waals surface area contributed by atoms with Gasteiger partial charge < -0.3 is 4.90 Å². The van der Waals surface area contributed by atoms with Crippen LogP contribution in [0.5, 0.6) is 0 Å². The van der Waals surface area contributed by atoms with E-state index in [-0.39, 0.29) is 48.2 Å². The monoisotopic (exact) mass is 589 g/mol. The van der Waals surface area contributed by atoms with Crippen LogP contribution in [-0.2, 0) is 4.79 Å². The molecule has 0 aromatic heterocycles. The lowest BCUT2D eigenvalue weighted by molar-refractivity contribution is -0.130. The number of carbonyl (C=O) groups is 3. The third-order valence-corrected chi connectivity index (χ3v) is 8.12. The number of ketones is 2. The van der Waals surface area contributed by atoms with Gasteiger partial charge in [-0.1, -0.05) is 64.5 Å². The summed E-state index contributed by atoms with van der Waals surface area (Å²) in [7, 11) is 3.31. The summed E-state index contributed by atoms with van der Waals surface area (Å²) in [5.74, 6) is -3.33. The molecule has 1 heterocycles. The number of hydrogen-bond acceptors (Lipinski definition) is 5. The van der Waals surface area contributed by atoms with Crippen LogP contribution in [0.15, 0.2) is 71.2 Å². The van der Waals surface area contributed by atoms with Crippen molar-refractivity contribution in [1.82, 2.24) is 9.80 Å². The maximum absolute atomic E-state index is 14.9. The largest absolute Gasteiger partial charge is 0.348 e. The van der Waals surface area contributed by atoms with Gasteiger partial charge in [0.25, 0.3) is 0 Å². The van der Waals surface area contributed by atoms with Crippen LogP contribution in [-0.4, -0.2) is 61.0 Å². The summed E-state index contributed by atoms with van der Waals surface area (Å²) in [6, 6.07) is 20.4. The molecule has 3 aromatic rings. The lowest BCUT2D eigenvalue weighted by Gasteiger charge is -2.43. The smallest absolute Gasteiger partial charge is 0.236 e. The van der Waals surface area contributed by atoms with E-state index in [1.54, 1.807) is 75.6 Å². The second kappa shape index (κ2) is 12.0. The fourth-order valence-corrected chi connectivity index (χ4v) is 5.85. The number of rotatable bonds is 7. The Hall–Kier alpha value is -3.67. The van der Waals surface area contributed by atoms with Crippen molar-refractivity contribution in [1.29, 1.82) is 5.26 Å². The molecule has 1 amide bonds. The van der Waals surface area contributed by atoms with Crippen molar-refractivity contribution >= 4 is 33.4 Å². The Morgan fingerprint density at radius 2 is 1.54 bits per heavy atom. The topological polar surface area (TPSA) is 81.5 Å². The molecule has 39 heavy (non-hydrogen) atoms.